The highest BCUT2D eigenvalue weighted by Crippen LogP contribution is 2.04. The second-order valence-electron chi connectivity index (χ2n) is 3.60. The lowest BCUT2D eigenvalue weighted by atomic mass is 10.2. The maximum atomic E-state index is 11.1. The molecule has 0 saturated heterocycles. The predicted molar refractivity (Wildman–Crippen MR) is 65.9 cm³/mol. The van der Waals surface area contributed by atoms with Crippen molar-refractivity contribution in [3.63, 3.8) is 0 Å². The van der Waals surface area contributed by atoms with Crippen LogP contribution in [0.15, 0.2) is 23.8 Å². The number of allylic oxidation sites excluding steroid dienone is 1. The molecule has 3 N–H and O–H groups in total. The molecule has 18 heavy (non-hydrogen) atoms. The summed E-state index contributed by atoms with van der Waals surface area (Å²) in [5.74, 6) is -1.43. The number of carboxylic acid groups (broad SMARTS) is 1. The van der Waals surface area contributed by atoms with Crippen molar-refractivity contribution >= 4 is 11.9 Å². The van der Waals surface area contributed by atoms with E-state index in [0.29, 0.717) is 5.57 Å². The van der Waals surface area contributed by atoms with Crippen LogP contribution in [0.2, 0.25) is 0 Å². The van der Waals surface area contributed by atoms with Gasteiger partial charge in [0.2, 0.25) is 0 Å². The molecule has 0 saturated carbocycles. The van der Waals surface area contributed by atoms with E-state index in [4.69, 9.17) is 20.1 Å². The summed E-state index contributed by atoms with van der Waals surface area (Å²) in [6.45, 7) is 7.66. The number of carbonyl (C=O) groups is 2. The number of aliphatic carboxylic acids is 1. The van der Waals surface area contributed by atoms with E-state index < -0.39 is 24.6 Å². The number of ether oxygens (including phenoxy) is 1. The third-order valence-electron chi connectivity index (χ3n) is 1.85. The van der Waals surface area contributed by atoms with E-state index in [1.165, 1.54) is 0 Å². The third-order valence-corrected chi connectivity index (χ3v) is 1.85. The fourth-order valence-corrected chi connectivity index (χ4v) is 0.537. The van der Waals surface area contributed by atoms with Gasteiger partial charge in [-0.3, -0.25) is 0 Å². The molecule has 0 amide bonds. The Bertz CT molecular complexity index is 315. The molecule has 0 rings (SSSR count). The average molecular weight is 260 g/mol. The van der Waals surface area contributed by atoms with Crippen LogP contribution in [-0.4, -0.2) is 46.6 Å². The quantitative estimate of drug-likeness (QED) is 0.491. The van der Waals surface area contributed by atoms with Crippen molar-refractivity contribution in [3.05, 3.63) is 23.8 Å². The molecule has 0 aliphatic heterocycles. The summed E-state index contributed by atoms with van der Waals surface area (Å²) in [4.78, 5) is 20.4. The van der Waals surface area contributed by atoms with E-state index in [1.54, 1.807) is 20.8 Å². The molecule has 0 radical (unpaired) electrons. The van der Waals surface area contributed by atoms with E-state index in [-0.39, 0.29) is 6.61 Å². The minimum absolute atomic E-state index is 0.167. The number of carbonyl (C=O) groups excluding carboxylic acids is 1. The molecule has 1 atom stereocenters. The summed E-state index contributed by atoms with van der Waals surface area (Å²) in [6.07, 6.45) is -0.158. The first-order valence-electron chi connectivity index (χ1n) is 5.21. The van der Waals surface area contributed by atoms with E-state index >= 15 is 0 Å². The zero-order chi connectivity index (χ0) is 14.7. The smallest absolute Gasteiger partial charge is 0.333 e. The highest BCUT2D eigenvalue weighted by atomic mass is 16.5. The molecule has 0 fully saturated rings. The minimum atomic E-state index is -0.992. The third kappa shape index (κ3) is 10.8. The molecular weight excluding hydrogens is 240 g/mol. The lowest BCUT2D eigenvalue weighted by Gasteiger charge is -2.09. The van der Waals surface area contributed by atoms with Gasteiger partial charge >= 0.3 is 11.9 Å². The highest BCUT2D eigenvalue weighted by Gasteiger charge is 2.09. The molecule has 0 aromatic heterocycles. The first-order valence-corrected chi connectivity index (χ1v) is 5.21. The lowest BCUT2D eigenvalue weighted by molar-refractivity contribution is -0.142. The molecular formula is C12H20O6. The van der Waals surface area contributed by atoms with E-state index in [2.05, 4.69) is 6.58 Å². The van der Waals surface area contributed by atoms with Crippen LogP contribution < -0.4 is 0 Å². The number of hydrogen-bond donors (Lipinski definition) is 3. The molecule has 0 bridgehead atoms. The van der Waals surface area contributed by atoms with Crippen molar-refractivity contribution in [1.29, 1.82) is 0 Å². The van der Waals surface area contributed by atoms with Gasteiger partial charge in [-0.15, -0.1) is 0 Å². The summed E-state index contributed by atoms with van der Waals surface area (Å²) in [6, 6.07) is 0. The SMILES string of the molecule is C=CC(=O)O.CC(C)=C(C)C(=O)OCC(O)CO. The Morgan fingerprint density at radius 1 is 1.33 bits per heavy atom. The average Bonchev–Trinajstić information content (AvgIpc) is 2.34. The van der Waals surface area contributed by atoms with Crippen LogP contribution in [0.5, 0.6) is 0 Å². The van der Waals surface area contributed by atoms with Crippen LogP contribution in [0.25, 0.3) is 0 Å². The Labute approximate surface area is 106 Å². The fourth-order valence-electron chi connectivity index (χ4n) is 0.537. The van der Waals surface area contributed by atoms with Crippen LogP contribution in [0, 0.1) is 0 Å². The maximum Gasteiger partial charge on any atom is 0.333 e. The zero-order valence-corrected chi connectivity index (χ0v) is 10.8. The Morgan fingerprint density at radius 3 is 2.06 bits per heavy atom. The van der Waals surface area contributed by atoms with Crippen LogP contribution in [0.4, 0.5) is 0 Å². The number of carboxylic acids is 1. The van der Waals surface area contributed by atoms with E-state index in [9.17, 15) is 9.59 Å². The monoisotopic (exact) mass is 260 g/mol. The molecule has 6 heteroatoms. The van der Waals surface area contributed by atoms with Crippen molar-refractivity contribution in [1.82, 2.24) is 0 Å². The Kier molecular flexibility index (Phi) is 10.9. The number of hydrogen-bond acceptors (Lipinski definition) is 5. The molecule has 104 valence electrons. The van der Waals surface area contributed by atoms with Crippen LogP contribution in [-0.2, 0) is 14.3 Å². The van der Waals surface area contributed by atoms with E-state index in [1.807, 2.05) is 0 Å². The summed E-state index contributed by atoms with van der Waals surface area (Å²) in [5.41, 5.74) is 1.41. The molecule has 0 aliphatic carbocycles. The van der Waals surface area contributed by atoms with Crippen molar-refractivity contribution in [2.75, 3.05) is 13.2 Å². The Balaban J connectivity index is 0. The fraction of sp³-hybridized carbons (Fsp3) is 0.500. The maximum absolute atomic E-state index is 11.1. The number of aliphatic hydroxyl groups is 2. The number of aliphatic hydroxyl groups excluding tert-OH is 2. The van der Waals surface area contributed by atoms with Crippen molar-refractivity contribution in [2.45, 2.75) is 26.9 Å². The normalized spacial score (nSPS) is 10.5. The first kappa shape index (κ1) is 18.7. The first-order chi connectivity index (χ1) is 8.26. The van der Waals surface area contributed by atoms with Gasteiger partial charge in [-0.1, -0.05) is 12.2 Å². The summed E-state index contributed by atoms with van der Waals surface area (Å²) >= 11 is 0. The largest absolute Gasteiger partial charge is 0.478 e. The second-order valence-corrected chi connectivity index (χ2v) is 3.60. The topological polar surface area (TPSA) is 104 Å². The highest BCUT2D eigenvalue weighted by molar-refractivity contribution is 5.88. The zero-order valence-electron chi connectivity index (χ0n) is 10.8. The standard InChI is InChI=1S/C9H16O4.C3H4O2/c1-6(2)7(3)9(12)13-5-8(11)4-10;1-2-3(4)5/h8,10-11H,4-5H2,1-3H3;2H,1H2,(H,4,5). The Hall–Kier alpha value is -1.66. The van der Waals surface area contributed by atoms with Gasteiger partial charge < -0.3 is 20.1 Å². The predicted octanol–water partition coefficient (Wildman–Crippen LogP) is 0.496. The summed E-state index contributed by atoms with van der Waals surface area (Å²) < 4.78 is 4.71. The van der Waals surface area contributed by atoms with Gasteiger partial charge in [0, 0.05) is 11.6 Å². The van der Waals surface area contributed by atoms with Gasteiger partial charge in [-0.2, -0.15) is 0 Å². The van der Waals surface area contributed by atoms with Gasteiger partial charge in [0.25, 0.3) is 0 Å². The van der Waals surface area contributed by atoms with Gasteiger partial charge in [0.15, 0.2) is 0 Å². The molecule has 0 heterocycles. The van der Waals surface area contributed by atoms with Gasteiger partial charge in [0.05, 0.1) is 6.61 Å². The van der Waals surface area contributed by atoms with E-state index in [0.717, 1.165) is 11.6 Å². The van der Waals surface area contributed by atoms with Gasteiger partial charge in [0.1, 0.15) is 12.7 Å². The molecule has 1 unspecified atom stereocenters. The lowest BCUT2D eigenvalue weighted by Crippen LogP contribution is -2.22. The van der Waals surface area contributed by atoms with Crippen molar-refractivity contribution in [3.8, 4) is 0 Å². The molecule has 0 aromatic carbocycles. The van der Waals surface area contributed by atoms with Crippen LogP contribution >= 0.6 is 0 Å². The molecule has 0 aromatic rings. The second kappa shape index (κ2) is 10.5. The molecule has 0 spiro atoms. The van der Waals surface area contributed by atoms with Crippen molar-refractivity contribution < 1.29 is 29.6 Å². The van der Waals surface area contributed by atoms with Gasteiger partial charge in [-0.25, -0.2) is 9.59 Å². The minimum Gasteiger partial charge on any atom is -0.478 e. The molecule has 6 nitrogen and oxygen atoms in total. The molecule has 0 aliphatic rings. The number of esters is 1. The Morgan fingerprint density at radius 2 is 1.78 bits per heavy atom. The van der Waals surface area contributed by atoms with Crippen molar-refractivity contribution in [2.24, 2.45) is 0 Å². The summed E-state index contributed by atoms with van der Waals surface area (Å²) in [7, 11) is 0. The van der Waals surface area contributed by atoms with Crippen LogP contribution in [0.3, 0.4) is 0 Å². The summed E-state index contributed by atoms with van der Waals surface area (Å²) in [5, 5.41) is 24.9. The van der Waals surface area contributed by atoms with Crippen LogP contribution in [0.1, 0.15) is 20.8 Å². The van der Waals surface area contributed by atoms with Gasteiger partial charge in [-0.05, 0) is 20.8 Å². The number of rotatable bonds is 5.